The zero-order valence-electron chi connectivity index (χ0n) is 7.99. The molecular formula is C8H12N2O4. The van der Waals surface area contributed by atoms with Gasteiger partial charge in [0, 0.05) is 6.42 Å². The lowest BCUT2D eigenvalue weighted by atomic mass is 10.1. The standard InChI is InChI=1S/C8H12N2O4/c1-4-5(7(11)10-14-4)3-6(9)8(12)13-2/h6H,3,9H2,1-2H3,(H,10,11). The third-order valence-electron chi connectivity index (χ3n) is 1.92. The van der Waals surface area contributed by atoms with Crippen LogP contribution in [0.4, 0.5) is 0 Å². The highest BCUT2D eigenvalue weighted by atomic mass is 16.5. The first-order chi connectivity index (χ1) is 6.56. The van der Waals surface area contributed by atoms with Crippen LogP contribution in [0.5, 0.6) is 0 Å². The van der Waals surface area contributed by atoms with Crippen LogP contribution >= 0.6 is 0 Å². The van der Waals surface area contributed by atoms with Crippen molar-refractivity contribution in [3.05, 3.63) is 21.7 Å². The molecule has 1 heterocycles. The monoisotopic (exact) mass is 200 g/mol. The largest absolute Gasteiger partial charge is 0.468 e. The summed E-state index contributed by atoms with van der Waals surface area (Å²) >= 11 is 0. The Morgan fingerprint density at radius 3 is 2.79 bits per heavy atom. The van der Waals surface area contributed by atoms with Gasteiger partial charge in [-0.15, -0.1) is 0 Å². The van der Waals surface area contributed by atoms with E-state index in [0.717, 1.165) is 0 Å². The Balaban J connectivity index is 2.79. The van der Waals surface area contributed by atoms with Gasteiger partial charge in [0.1, 0.15) is 11.8 Å². The van der Waals surface area contributed by atoms with Gasteiger partial charge in [-0.25, -0.2) is 0 Å². The molecule has 0 radical (unpaired) electrons. The van der Waals surface area contributed by atoms with Crippen molar-refractivity contribution in [2.45, 2.75) is 19.4 Å². The summed E-state index contributed by atoms with van der Waals surface area (Å²) in [5.41, 5.74) is 5.51. The number of rotatable bonds is 3. The van der Waals surface area contributed by atoms with Crippen molar-refractivity contribution in [1.82, 2.24) is 5.16 Å². The van der Waals surface area contributed by atoms with Crippen LogP contribution in [0.3, 0.4) is 0 Å². The third kappa shape index (κ3) is 2.02. The molecule has 14 heavy (non-hydrogen) atoms. The molecule has 0 aliphatic heterocycles. The van der Waals surface area contributed by atoms with Crippen LogP contribution in [-0.2, 0) is 16.0 Å². The molecule has 0 saturated carbocycles. The molecule has 0 aliphatic rings. The fourth-order valence-electron chi connectivity index (χ4n) is 1.10. The van der Waals surface area contributed by atoms with E-state index in [4.69, 9.17) is 10.3 Å². The smallest absolute Gasteiger partial charge is 0.322 e. The second-order valence-electron chi connectivity index (χ2n) is 2.90. The quantitative estimate of drug-likeness (QED) is 0.630. The number of carbonyl (C=O) groups is 1. The first kappa shape index (κ1) is 10.5. The number of carbonyl (C=O) groups excluding carboxylic acids is 1. The van der Waals surface area contributed by atoms with Crippen LogP contribution < -0.4 is 11.3 Å². The molecule has 1 aromatic rings. The molecule has 0 bridgehead atoms. The van der Waals surface area contributed by atoms with Gasteiger partial charge in [0.15, 0.2) is 0 Å². The molecule has 0 saturated heterocycles. The zero-order valence-corrected chi connectivity index (χ0v) is 7.99. The number of hydrogen-bond donors (Lipinski definition) is 2. The fourth-order valence-corrected chi connectivity index (χ4v) is 1.10. The van der Waals surface area contributed by atoms with Crippen LogP contribution in [0, 0.1) is 6.92 Å². The predicted molar refractivity (Wildman–Crippen MR) is 47.8 cm³/mol. The van der Waals surface area contributed by atoms with E-state index in [2.05, 4.69) is 9.89 Å². The number of methoxy groups -OCH3 is 1. The Morgan fingerprint density at radius 1 is 1.71 bits per heavy atom. The molecule has 1 rings (SSSR count). The summed E-state index contributed by atoms with van der Waals surface area (Å²) in [6, 6.07) is -0.836. The minimum Gasteiger partial charge on any atom is -0.468 e. The lowest BCUT2D eigenvalue weighted by molar-refractivity contribution is -0.142. The highest BCUT2D eigenvalue weighted by molar-refractivity contribution is 5.75. The fraction of sp³-hybridized carbons (Fsp3) is 0.500. The minimum absolute atomic E-state index is 0.115. The molecule has 78 valence electrons. The van der Waals surface area contributed by atoms with E-state index in [0.29, 0.717) is 11.3 Å². The zero-order chi connectivity index (χ0) is 10.7. The van der Waals surface area contributed by atoms with E-state index in [-0.39, 0.29) is 12.0 Å². The lowest BCUT2D eigenvalue weighted by Gasteiger charge is -2.06. The van der Waals surface area contributed by atoms with Gasteiger partial charge in [-0.05, 0) is 6.92 Å². The third-order valence-corrected chi connectivity index (χ3v) is 1.92. The highest BCUT2D eigenvalue weighted by Gasteiger charge is 2.19. The number of hydrogen-bond acceptors (Lipinski definition) is 5. The molecule has 0 amide bonds. The Hall–Kier alpha value is -1.56. The summed E-state index contributed by atoms with van der Waals surface area (Å²) < 4.78 is 9.20. The lowest BCUT2D eigenvalue weighted by Crippen LogP contribution is -2.35. The number of nitrogens with two attached hydrogens (primary N) is 1. The van der Waals surface area contributed by atoms with Crippen molar-refractivity contribution in [3.8, 4) is 0 Å². The van der Waals surface area contributed by atoms with Gasteiger partial charge in [0.25, 0.3) is 5.56 Å². The van der Waals surface area contributed by atoms with Crippen molar-refractivity contribution in [1.29, 1.82) is 0 Å². The van der Waals surface area contributed by atoms with Gasteiger partial charge in [-0.2, -0.15) is 5.16 Å². The van der Waals surface area contributed by atoms with Crippen LogP contribution in [-0.4, -0.2) is 24.3 Å². The second-order valence-corrected chi connectivity index (χ2v) is 2.90. The molecule has 0 fully saturated rings. The summed E-state index contributed by atoms with van der Waals surface area (Å²) in [5.74, 6) is -0.112. The normalized spacial score (nSPS) is 12.5. The molecule has 6 heteroatoms. The van der Waals surface area contributed by atoms with E-state index in [9.17, 15) is 9.59 Å². The van der Waals surface area contributed by atoms with E-state index in [1.54, 1.807) is 6.92 Å². The highest BCUT2D eigenvalue weighted by Crippen LogP contribution is 2.03. The Labute approximate surface area is 80.0 Å². The SMILES string of the molecule is COC(=O)C(N)Cc1c(C)o[nH]c1=O. The maximum atomic E-state index is 11.1. The number of ether oxygens (including phenoxy) is 1. The molecule has 1 aromatic heterocycles. The van der Waals surface area contributed by atoms with Crippen LogP contribution in [0.25, 0.3) is 0 Å². The summed E-state index contributed by atoms with van der Waals surface area (Å²) in [6.45, 7) is 1.62. The molecule has 0 spiro atoms. The number of esters is 1. The number of aromatic amines is 1. The van der Waals surface area contributed by atoms with Crippen molar-refractivity contribution in [3.63, 3.8) is 0 Å². The number of nitrogens with one attached hydrogen (secondary N) is 1. The Kier molecular flexibility index (Phi) is 3.08. The molecule has 1 unspecified atom stereocenters. The molecule has 1 atom stereocenters. The Bertz CT molecular complexity index is 379. The first-order valence-corrected chi connectivity index (χ1v) is 4.06. The molecule has 3 N–H and O–H groups in total. The van der Waals surface area contributed by atoms with Crippen LogP contribution in [0.2, 0.25) is 0 Å². The van der Waals surface area contributed by atoms with Gasteiger partial charge in [-0.3, -0.25) is 9.59 Å². The topological polar surface area (TPSA) is 98.3 Å². The van der Waals surface area contributed by atoms with E-state index in [1.165, 1.54) is 7.11 Å². The van der Waals surface area contributed by atoms with Gasteiger partial charge in [-0.1, -0.05) is 0 Å². The van der Waals surface area contributed by atoms with Crippen molar-refractivity contribution in [2.24, 2.45) is 5.73 Å². The predicted octanol–water partition coefficient (Wildman–Crippen LogP) is -0.681. The minimum atomic E-state index is -0.836. The number of H-pyrrole nitrogens is 1. The summed E-state index contributed by atoms with van der Waals surface area (Å²) in [5, 5.41) is 2.16. The van der Waals surface area contributed by atoms with Gasteiger partial charge in [0.05, 0.1) is 12.7 Å². The van der Waals surface area contributed by atoms with E-state index < -0.39 is 12.0 Å². The van der Waals surface area contributed by atoms with Crippen LogP contribution in [0.1, 0.15) is 11.3 Å². The maximum Gasteiger partial charge on any atom is 0.322 e. The molecule has 6 nitrogen and oxygen atoms in total. The average molecular weight is 200 g/mol. The molecular weight excluding hydrogens is 188 g/mol. The van der Waals surface area contributed by atoms with Gasteiger partial charge >= 0.3 is 5.97 Å². The van der Waals surface area contributed by atoms with Crippen molar-refractivity contribution < 1.29 is 14.1 Å². The summed E-state index contributed by atoms with van der Waals surface area (Å²) in [6.07, 6.45) is 0.115. The van der Waals surface area contributed by atoms with Crippen LogP contribution in [0.15, 0.2) is 9.32 Å². The first-order valence-electron chi connectivity index (χ1n) is 4.06. The van der Waals surface area contributed by atoms with Crippen molar-refractivity contribution >= 4 is 5.97 Å². The van der Waals surface area contributed by atoms with Gasteiger partial charge < -0.3 is 15.0 Å². The van der Waals surface area contributed by atoms with Gasteiger partial charge in [0.2, 0.25) is 0 Å². The van der Waals surface area contributed by atoms with E-state index in [1.807, 2.05) is 0 Å². The summed E-state index contributed by atoms with van der Waals surface area (Å²) in [7, 11) is 1.24. The summed E-state index contributed by atoms with van der Waals surface area (Å²) in [4.78, 5) is 22.1. The second kappa shape index (κ2) is 4.10. The maximum absolute atomic E-state index is 11.1. The van der Waals surface area contributed by atoms with Crippen molar-refractivity contribution in [2.75, 3.05) is 7.11 Å². The van der Waals surface area contributed by atoms with E-state index >= 15 is 0 Å². The average Bonchev–Trinajstić information content (AvgIpc) is 2.48. The number of aryl methyl sites for hydroxylation is 1. The molecule has 0 aromatic carbocycles. The molecule has 0 aliphatic carbocycles. The number of aromatic nitrogens is 1. The Morgan fingerprint density at radius 2 is 2.36 bits per heavy atom.